The summed E-state index contributed by atoms with van der Waals surface area (Å²) in [6.45, 7) is 6.34. The van der Waals surface area contributed by atoms with Crippen LogP contribution in [0.1, 0.15) is 37.0 Å². The van der Waals surface area contributed by atoms with Gasteiger partial charge in [0.1, 0.15) is 10.6 Å². The first-order valence-electron chi connectivity index (χ1n) is 7.01. The number of anilines is 2. The fourth-order valence-corrected chi connectivity index (χ4v) is 4.71. The summed E-state index contributed by atoms with van der Waals surface area (Å²) in [4.78, 5) is 14.6. The van der Waals surface area contributed by atoms with Crippen molar-refractivity contribution in [3.05, 3.63) is 5.56 Å². The van der Waals surface area contributed by atoms with Crippen LogP contribution < -0.4 is 16.0 Å². The van der Waals surface area contributed by atoms with Gasteiger partial charge in [0.25, 0.3) is 5.91 Å². The van der Waals surface area contributed by atoms with Crippen molar-refractivity contribution in [2.45, 2.75) is 43.2 Å². The van der Waals surface area contributed by atoms with E-state index in [0.29, 0.717) is 27.9 Å². The van der Waals surface area contributed by atoms with Gasteiger partial charge in [-0.3, -0.25) is 4.79 Å². The van der Waals surface area contributed by atoms with Gasteiger partial charge in [-0.15, -0.1) is 0 Å². The van der Waals surface area contributed by atoms with Crippen molar-refractivity contribution in [2.24, 2.45) is 0 Å². The zero-order chi connectivity index (χ0) is 14.3. The smallest absolute Gasteiger partial charge is 0.258 e. The molecule has 1 aromatic rings. The Hall–Kier alpha value is -0.950. The topological polar surface area (TPSA) is 71.2 Å². The summed E-state index contributed by atoms with van der Waals surface area (Å²) in [5, 5.41) is 5.06. The van der Waals surface area contributed by atoms with E-state index in [4.69, 9.17) is 5.73 Å². The minimum absolute atomic E-state index is 0.0627. The van der Waals surface area contributed by atoms with Gasteiger partial charge in [0, 0.05) is 29.6 Å². The van der Waals surface area contributed by atoms with Crippen LogP contribution in [0.4, 0.5) is 10.8 Å². The third-order valence-corrected chi connectivity index (χ3v) is 5.70. The minimum Gasteiger partial charge on any atom is -0.382 e. The third-order valence-electron chi connectivity index (χ3n) is 3.55. The maximum Gasteiger partial charge on any atom is 0.258 e. The Balaban J connectivity index is 1.83. The molecule has 2 atom stereocenters. The molecule has 1 amide bonds. The molecule has 0 aromatic carbocycles. The molecule has 2 unspecified atom stereocenters. The van der Waals surface area contributed by atoms with Crippen LogP contribution in [0.2, 0.25) is 0 Å². The van der Waals surface area contributed by atoms with Crippen molar-refractivity contribution in [2.75, 3.05) is 23.7 Å². The fraction of sp³-hybridized carbons (Fsp3) is 0.692. The Morgan fingerprint density at radius 3 is 2.60 bits per heavy atom. The van der Waals surface area contributed by atoms with E-state index >= 15 is 0 Å². The van der Waals surface area contributed by atoms with Crippen molar-refractivity contribution in [3.63, 3.8) is 0 Å². The predicted molar refractivity (Wildman–Crippen MR) is 85.7 cm³/mol. The molecule has 7 heteroatoms. The summed E-state index contributed by atoms with van der Waals surface area (Å²) in [6.07, 6.45) is 2.15. The van der Waals surface area contributed by atoms with Crippen molar-refractivity contribution in [1.29, 1.82) is 0 Å². The van der Waals surface area contributed by atoms with Gasteiger partial charge in [-0.1, -0.05) is 13.8 Å². The normalized spacial score (nSPS) is 26.6. The number of amides is 1. The molecule has 1 aliphatic carbocycles. The second kappa shape index (κ2) is 5.44. The number of nitrogens with two attached hydrogens (primary N) is 1. The molecule has 5 nitrogen and oxygen atoms in total. The Morgan fingerprint density at radius 1 is 1.35 bits per heavy atom. The van der Waals surface area contributed by atoms with Crippen molar-refractivity contribution in [1.82, 2.24) is 9.69 Å². The molecular weight excluding hydrogens is 292 g/mol. The van der Waals surface area contributed by atoms with E-state index in [9.17, 15) is 4.79 Å². The van der Waals surface area contributed by atoms with E-state index in [0.717, 1.165) is 30.9 Å². The van der Waals surface area contributed by atoms with E-state index < -0.39 is 0 Å². The molecule has 3 rings (SSSR count). The van der Waals surface area contributed by atoms with Crippen molar-refractivity contribution in [3.8, 4) is 0 Å². The number of nitrogens with one attached hydrogen (secondary N) is 1. The quantitative estimate of drug-likeness (QED) is 0.892. The Morgan fingerprint density at radius 2 is 2.00 bits per heavy atom. The Kier molecular flexibility index (Phi) is 3.81. The summed E-state index contributed by atoms with van der Waals surface area (Å²) < 4.78 is 4.20. The summed E-state index contributed by atoms with van der Waals surface area (Å²) >= 11 is 3.34. The van der Waals surface area contributed by atoms with Crippen LogP contribution in [0.25, 0.3) is 0 Å². The van der Waals surface area contributed by atoms with Crippen molar-refractivity contribution < 1.29 is 4.79 Å². The molecule has 2 heterocycles. The Labute approximate surface area is 127 Å². The molecule has 0 radical (unpaired) electrons. The molecule has 2 aliphatic rings. The number of carbonyl (C=O) groups excluding carboxylic acids is 1. The first-order chi connectivity index (χ1) is 9.54. The monoisotopic (exact) mass is 312 g/mol. The summed E-state index contributed by atoms with van der Waals surface area (Å²) in [7, 11) is 0. The molecule has 1 saturated carbocycles. The lowest BCUT2D eigenvalue weighted by Gasteiger charge is -2.35. The second-order valence-electron chi connectivity index (χ2n) is 5.66. The largest absolute Gasteiger partial charge is 0.382 e. The van der Waals surface area contributed by atoms with Gasteiger partial charge in [0.15, 0.2) is 5.82 Å². The summed E-state index contributed by atoms with van der Waals surface area (Å²) in [5.74, 6) is 0.300. The second-order valence-corrected chi connectivity index (χ2v) is 8.29. The van der Waals surface area contributed by atoms with Gasteiger partial charge in [0.05, 0.1) is 0 Å². The van der Waals surface area contributed by atoms with Crippen LogP contribution in [0.3, 0.4) is 0 Å². The van der Waals surface area contributed by atoms with Gasteiger partial charge >= 0.3 is 0 Å². The van der Waals surface area contributed by atoms with Crippen LogP contribution >= 0.6 is 23.3 Å². The van der Waals surface area contributed by atoms with Crippen molar-refractivity contribution >= 4 is 40.0 Å². The van der Waals surface area contributed by atoms with E-state index in [-0.39, 0.29) is 5.91 Å². The predicted octanol–water partition coefficient (Wildman–Crippen LogP) is 1.95. The average molecular weight is 312 g/mol. The summed E-state index contributed by atoms with van der Waals surface area (Å²) in [6, 6.07) is 0.337. The van der Waals surface area contributed by atoms with E-state index in [1.54, 1.807) is 0 Å². The van der Waals surface area contributed by atoms with Gasteiger partial charge in [0.2, 0.25) is 0 Å². The Bertz CT molecular complexity index is 504. The molecule has 1 aromatic heterocycles. The van der Waals surface area contributed by atoms with Gasteiger partial charge in [-0.05, 0) is 24.4 Å². The molecule has 3 N–H and O–H groups in total. The van der Waals surface area contributed by atoms with Gasteiger partial charge in [-0.2, -0.15) is 16.1 Å². The highest BCUT2D eigenvalue weighted by molar-refractivity contribution is 8.00. The van der Waals surface area contributed by atoms with Gasteiger partial charge < -0.3 is 16.0 Å². The first kappa shape index (κ1) is 14.0. The maximum absolute atomic E-state index is 12.3. The highest BCUT2D eigenvalue weighted by atomic mass is 32.2. The number of aromatic nitrogens is 1. The minimum atomic E-state index is -0.0627. The number of hydrogen-bond donors (Lipinski definition) is 2. The lowest BCUT2D eigenvalue weighted by Crippen LogP contribution is -2.41. The molecule has 0 spiro atoms. The number of nitrogens with zero attached hydrogens (tertiary/aromatic N) is 2. The zero-order valence-corrected chi connectivity index (χ0v) is 13.4. The highest BCUT2D eigenvalue weighted by Crippen LogP contribution is 2.36. The number of carbonyl (C=O) groups is 1. The van der Waals surface area contributed by atoms with E-state index in [1.807, 2.05) is 11.8 Å². The molecule has 1 aliphatic heterocycles. The fourth-order valence-electron chi connectivity index (χ4n) is 2.55. The SMILES string of the molecule is CC1CN(c2snc(N)c2C(=O)NC2CC2)CC(C)S1. The highest BCUT2D eigenvalue weighted by Gasteiger charge is 2.31. The van der Waals surface area contributed by atoms with Crippen LogP contribution in [0.5, 0.6) is 0 Å². The van der Waals surface area contributed by atoms with Gasteiger partial charge in [-0.25, -0.2) is 0 Å². The maximum atomic E-state index is 12.3. The standard InChI is InChI=1S/C13H20N4OS2/c1-7-5-17(6-8(2)19-7)13-10(11(14)16-20-13)12(18)15-9-3-4-9/h7-9H,3-6H2,1-2H3,(H2,14,16)(H,15,18). The van der Waals surface area contributed by atoms with E-state index in [1.165, 1.54) is 11.5 Å². The lowest BCUT2D eigenvalue weighted by molar-refractivity contribution is 0.0952. The number of rotatable bonds is 3. The third kappa shape index (κ3) is 2.88. The van der Waals surface area contributed by atoms with Crippen LogP contribution in [0, 0.1) is 0 Å². The molecule has 110 valence electrons. The molecule has 20 heavy (non-hydrogen) atoms. The first-order valence-corrected chi connectivity index (χ1v) is 8.72. The van der Waals surface area contributed by atoms with Crippen LogP contribution in [-0.4, -0.2) is 39.9 Å². The van der Waals surface area contributed by atoms with E-state index in [2.05, 4.69) is 28.4 Å². The van der Waals surface area contributed by atoms with Crippen LogP contribution in [-0.2, 0) is 0 Å². The average Bonchev–Trinajstić information content (AvgIpc) is 3.08. The number of hydrogen-bond acceptors (Lipinski definition) is 6. The zero-order valence-electron chi connectivity index (χ0n) is 11.8. The number of nitrogen functional groups attached to an aromatic ring is 1. The molecule has 1 saturated heterocycles. The van der Waals surface area contributed by atoms with Crippen LogP contribution in [0.15, 0.2) is 0 Å². The lowest BCUT2D eigenvalue weighted by atomic mass is 10.2. The molecule has 2 fully saturated rings. The number of thioether (sulfide) groups is 1. The molecular formula is C13H20N4OS2. The summed E-state index contributed by atoms with van der Waals surface area (Å²) in [5.41, 5.74) is 6.50. The molecule has 0 bridgehead atoms.